The lowest BCUT2D eigenvalue weighted by molar-refractivity contribution is 0.0735. The molecular formula is C23H27N7O. The molecule has 0 N–H and O–H groups in total. The monoisotopic (exact) mass is 417 g/mol. The summed E-state index contributed by atoms with van der Waals surface area (Å²) < 4.78 is 1.68. The van der Waals surface area contributed by atoms with Crippen LogP contribution in [-0.4, -0.2) is 70.1 Å². The van der Waals surface area contributed by atoms with Gasteiger partial charge in [0.2, 0.25) is 0 Å². The maximum atomic E-state index is 13.1. The number of nitrogens with zero attached hydrogens (tertiary/aromatic N) is 7. The van der Waals surface area contributed by atoms with Crippen LogP contribution in [0.15, 0.2) is 48.5 Å². The van der Waals surface area contributed by atoms with Crippen molar-refractivity contribution in [3.05, 3.63) is 54.2 Å². The summed E-state index contributed by atoms with van der Waals surface area (Å²) in [7, 11) is 1.83. The highest BCUT2D eigenvalue weighted by atomic mass is 16.2. The van der Waals surface area contributed by atoms with E-state index in [1.807, 2.05) is 54.4 Å². The first-order chi connectivity index (χ1) is 15.2. The van der Waals surface area contributed by atoms with Gasteiger partial charge in [-0.05, 0) is 31.0 Å². The number of rotatable bonds is 4. The second-order valence-corrected chi connectivity index (χ2v) is 8.13. The molecule has 5 rings (SSSR count). The van der Waals surface area contributed by atoms with E-state index < -0.39 is 0 Å². The number of aryl methyl sites for hydroxylation is 1. The van der Waals surface area contributed by atoms with E-state index in [9.17, 15) is 4.79 Å². The zero-order valence-electron chi connectivity index (χ0n) is 17.8. The van der Waals surface area contributed by atoms with Crippen molar-refractivity contribution in [2.24, 2.45) is 7.05 Å². The quantitative estimate of drug-likeness (QED) is 0.649. The average molecular weight is 418 g/mol. The Morgan fingerprint density at radius 2 is 1.42 bits per heavy atom. The Kier molecular flexibility index (Phi) is 5.28. The van der Waals surface area contributed by atoms with Gasteiger partial charge >= 0.3 is 0 Å². The van der Waals surface area contributed by atoms with Gasteiger partial charge in [0.1, 0.15) is 5.69 Å². The molecule has 0 bridgehead atoms. The Balaban J connectivity index is 1.22. The number of piperazine rings is 1. The number of benzene rings is 1. The first-order valence-electron chi connectivity index (χ1n) is 10.9. The van der Waals surface area contributed by atoms with Crippen molar-refractivity contribution in [3.63, 3.8) is 0 Å². The molecule has 8 heteroatoms. The summed E-state index contributed by atoms with van der Waals surface area (Å²) in [5.74, 6) is 1.86. The fourth-order valence-electron chi connectivity index (χ4n) is 4.32. The molecule has 2 aliphatic rings. The molecule has 4 heterocycles. The van der Waals surface area contributed by atoms with E-state index in [1.165, 1.54) is 12.8 Å². The Bertz CT molecular complexity index is 1030. The standard InChI is InChI=1S/C23H27N7O/c1-27-20(17-19(26-27)18-7-3-2-4-8-18)23(31)30-15-13-29(14-16-30)22-10-9-21(24-25-22)28-11-5-6-12-28/h2-4,7-10,17H,5-6,11-16H2,1H3. The van der Waals surface area contributed by atoms with E-state index in [2.05, 4.69) is 31.2 Å². The second-order valence-electron chi connectivity index (χ2n) is 8.13. The van der Waals surface area contributed by atoms with E-state index in [0.717, 1.165) is 49.1 Å². The van der Waals surface area contributed by atoms with Gasteiger partial charge in [-0.2, -0.15) is 5.10 Å². The molecule has 2 aliphatic heterocycles. The van der Waals surface area contributed by atoms with E-state index in [-0.39, 0.29) is 5.91 Å². The molecular weight excluding hydrogens is 390 g/mol. The fraction of sp³-hybridized carbons (Fsp3) is 0.391. The molecule has 8 nitrogen and oxygen atoms in total. The zero-order valence-corrected chi connectivity index (χ0v) is 17.8. The van der Waals surface area contributed by atoms with Gasteiger partial charge in [-0.3, -0.25) is 9.48 Å². The number of carbonyl (C=O) groups is 1. The van der Waals surface area contributed by atoms with Crippen molar-refractivity contribution in [1.29, 1.82) is 0 Å². The van der Waals surface area contributed by atoms with Crippen LogP contribution in [0.1, 0.15) is 23.3 Å². The van der Waals surface area contributed by atoms with Crippen LogP contribution in [0.2, 0.25) is 0 Å². The number of hydrogen-bond donors (Lipinski definition) is 0. The van der Waals surface area contributed by atoms with Crippen molar-refractivity contribution in [2.45, 2.75) is 12.8 Å². The van der Waals surface area contributed by atoms with Crippen molar-refractivity contribution in [2.75, 3.05) is 49.1 Å². The van der Waals surface area contributed by atoms with Crippen LogP contribution in [0.3, 0.4) is 0 Å². The second kappa shape index (κ2) is 8.37. The van der Waals surface area contributed by atoms with Gasteiger partial charge in [0.05, 0.1) is 5.69 Å². The van der Waals surface area contributed by atoms with Gasteiger partial charge in [-0.15, -0.1) is 10.2 Å². The van der Waals surface area contributed by atoms with Crippen molar-refractivity contribution in [3.8, 4) is 11.3 Å². The maximum absolute atomic E-state index is 13.1. The normalized spacial score (nSPS) is 16.7. The molecule has 0 spiro atoms. The molecule has 0 aliphatic carbocycles. The summed E-state index contributed by atoms with van der Waals surface area (Å²) in [5.41, 5.74) is 2.44. The van der Waals surface area contributed by atoms with Crippen molar-refractivity contribution < 1.29 is 4.79 Å². The largest absolute Gasteiger partial charge is 0.355 e. The molecule has 2 fully saturated rings. The fourth-order valence-corrected chi connectivity index (χ4v) is 4.32. The summed E-state index contributed by atoms with van der Waals surface area (Å²) >= 11 is 0. The van der Waals surface area contributed by atoms with E-state index in [4.69, 9.17) is 0 Å². The molecule has 0 saturated carbocycles. The van der Waals surface area contributed by atoms with Crippen LogP contribution >= 0.6 is 0 Å². The van der Waals surface area contributed by atoms with E-state index in [1.54, 1.807) is 4.68 Å². The van der Waals surface area contributed by atoms with Crippen LogP contribution in [-0.2, 0) is 7.05 Å². The first-order valence-corrected chi connectivity index (χ1v) is 10.9. The summed E-state index contributed by atoms with van der Waals surface area (Å²) in [4.78, 5) is 19.5. The Morgan fingerprint density at radius 1 is 0.806 bits per heavy atom. The predicted octanol–water partition coefficient (Wildman–Crippen LogP) is 2.44. The lowest BCUT2D eigenvalue weighted by atomic mass is 10.1. The molecule has 3 aromatic rings. The Morgan fingerprint density at radius 3 is 2.03 bits per heavy atom. The third kappa shape index (κ3) is 3.97. The highest BCUT2D eigenvalue weighted by molar-refractivity contribution is 5.94. The molecule has 2 aromatic heterocycles. The molecule has 0 atom stereocenters. The van der Waals surface area contributed by atoms with Crippen LogP contribution in [0.4, 0.5) is 11.6 Å². The Hall–Kier alpha value is -3.42. The predicted molar refractivity (Wildman–Crippen MR) is 120 cm³/mol. The molecule has 1 amide bonds. The van der Waals surface area contributed by atoms with Crippen LogP contribution in [0.5, 0.6) is 0 Å². The minimum atomic E-state index is 0.0206. The molecule has 160 valence electrons. The molecule has 0 unspecified atom stereocenters. The first kappa shape index (κ1) is 19.5. The van der Waals surface area contributed by atoms with E-state index in [0.29, 0.717) is 18.8 Å². The van der Waals surface area contributed by atoms with Crippen LogP contribution < -0.4 is 9.80 Å². The van der Waals surface area contributed by atoms with Gasteiger partial charge in [0.15, 0.2) is 11.6 Å². The number of hydrogen-bond acceptors (Lipinski definition) is 6. The highest BCUT2D eigenvalue weighted by Crippen LogP contribution is 2.22. The third-order valence-corrected chi connectivity index (χ3v) is 6.13. The highest BCUT2D eigenvalue weighted by Gasteiger charge is 2.26. The Labute approximate surface area is 182 Å². The summed E-state index contributed by atoms with van der Waals surface area (Å²) in [6.45, 7) is 4.92. The van der Waals surface area contributed by atoms with Gasteiger partial charge in [-0.25, -0.2) is 0 Å². The summed E-state index contributed by atoms with van der Waals surface area (Å²) in [6.07, 6.45) is 2.45. The lowest BCUT2D eigenvalue weighted by Crippen LogP contribution is -2.49. The van der Waals surface area contributed by atoms with Crippen molar-refractivity contribution in [1.82, 2.24) is 24.9 Å². The third-order valence-electron chi connectivity index (χ3n) is 6.13. The maximum Gasteiger partial charge on any atom is 0.272 e. The number of aromatic nitrogens is 4. The summed E-state index contributed by atoms with van der Waals surface area (Å²) in [5, 5.41) is 13.4. The van der Waals surface area contributed by atoms with Gasteiger partial charge in [0, 0.05) is 51.9 Å². The lowest BCUT2D eigenvalue weighted by Gasteiger charge is -2.35. The smallest absolute Gasteiger partial charge is 0.272 e. The molecule has 31 heavy (non-hydrogen) atoms. The minimum Gasteiger partial charge on any atom is -0.355 e. The van der Waals surface area contributed by atoms with Crippen LogP contribution in [0, 0.1) is 0 Å². The van der Waals surface area contributed by atoms with Gasteiger partial charge in [-0.1, -0.05) is 30.3 Å². The molecule has 1 aromatic carbocycles. The number of anilines is 2. The molecule has 2 saturated heterocycles. The van der Waals surface area contributed by atoms with Gasteiger partial charge < -0.3 is 14.7 Å². The minimum absolute atomic E-state index is 0.0206. The SMILES string of the molecule is Cn1nc(-c2ccccc2)cc1C(=O)N1CCN(c2ccc(N3CCCC3)nn2)CC1. The average Bonchev–Trinajstić information content (AvgIpc) is 3.50. The zero-order chi connectivity index (χ0) is 21.2. The number of carbonyl (C=O) groups excluding carboxylic acids is 1. The number of amides is 1. The van der Waals surface area contributed by atoms with Crippen molar-refractivity contribution >= 4 is 17.5 Å². The van der Waals surface area contributed by atoms with Gasteiger partial charge in [0.25, 0.3) is 5.91 Å². The van der Waals surface area contributed by atoms with Crippen LogP contribution in [0.25, 0.3) is 11.3 Å². The molecule has 0 radical (unpaired) electrons. The summed E-state index contributed by atoms with van der Waals surface area (Å²) in [6, 6.07) is 15.9. The van der Waals surface area contributed by atoms with E-state index >= 15 is 0 Å². The topological polar surface area (TPSA) is 70.4 Å².